The fourth-order valence-corrected chi connectivity index (χ4v) is 4.39. The third kappa shape index (κ3) is 4.44. The zero-order valence-electron chi connectivity index (χ0n) is 16.0. The fraction of sp³-hybridized carbons (Fsp3) is 0.217. The summed E-state index contributed by atoms with van der Waals surface area (Å²) in [5.74, 6) is -0.535. The molecule has 1 aliphatic rings. The van der Waals surface area contributed by atoms with E-state index in [0.717, 1.165) is 5.56 Å². The van der Waals surface area contributed by atoms with Gasteiger partial charge in [-0.1, -0.05) is 65.7 Å². The summed E-state index contributed by atoms with van der Waals surface area (Å²) < 4.78 is 57.5. The number of alkyl halides is 3. The van der Waals surface area contributed by atoms with Gasteiger partial charge in [0.25, 0.3) is 0 Å². The molecular weight excluding hydrogens is 453 g/mol. The third-order valence-corrected chi connectivity index (χ3v) is 5.74. The number of benzene rings is 3. The smallest absolute Gasteiger partial charge is 0.277 e. The van der Waals surface area contributed by atoms with E-state index in [1.807, 2.05) is 6.07 Å². The molecule has 2 nitrogen and oxygen atoms in total. The van der Waals surface area contributed by atoms with Gasteiger partial charge in [-0.05, 0) is 47.0 Å². The van der Waals surface area contributed by atoms with Crippen LogP contribution in [0.4, 0.5) is 17.6 Å². The van der Waals surface area contributed by atoms with E-state index in [1.54, 1.807) is 30.3 Å². The van der Waals surface area contributed by atoms with Crippen LogP contribution >= 0.6 is 23.2 Å². The third-order valence-electron chi connectivity index (χ3n) is 5.30. The first-order valence-corrected chi connectivity index (χ1v) is 10.2. The Hall–Kier alpha value is -2.12. The van der Waals surface area contributed by atoms with Gasteiger partial charge in [-0.2, -0.15) is 18.2 Å². The molecule has 1 saturated heterocycles. The molecule has 0 spiro atoms. The molecule has 1 heterocycles. The summed E-state index contributed by atoms with van der Waals surface area (Å²) in [6.07, 6.45) is -5.26. The molecule has 0 amide bonds. The SMILES string of the molecule is Fc1cccc(C2CC(c3cc(Cl)cc(Cl)c3)(C(F)(F)F)ON2Cc2ccccc2)c1. The summed E-state index contributed by atoms with van der Waals surface area (Å²) in [5, 5.41) is 1.39. The molecule has 2 unspecified atom stereocenters. The van der Waals surface area contributed by atoms with E-state index in [1.165, 1.54) is 41.5 Å². The van der Waals surface area contributed by atoms with E-state index < -0.39 is 30.1 Å². The van der Waals surface area contributed by atoms with Gasteiger partial charge in [-0.15, -0.1) is 0 Å². The van der Waals surface area contributed by atoms with Crippen molar-refractivity contribution in [3.05, 3.63) is 105 Å². The van der Waals surface area contributed by atoms with Crippen LogP contribution in [0.1, 0.15) is 29.2 Å². The highest BCUT2D eigenvalue weighted by molar-refractivity contribution is 6.34. The molecule has 1 aliphatic heterocycles. The molecule has 31 heavy (non-hydrogen) atoms. The van der Waals surface area contributed by atoms with Gasteiger partial charge in [0, 0.05) is 23.0 Å². The maximum absolute atomic E-state index is 14.5. The van der Waals surface area contributed by atoms with Crippen molar-refractivity contribution in [1.29, 1.82) is 0 Å². The van der Waals surface area contributed by atoms with Crippen molar-refractivity contribution in [2.45, 2.75) is 30.8 Å². The van der Waals surface area contributed by atoms with Crippen LogP contribution in [0, 0.1) is 5.82 Å². The lowest BCUT2D eigenvalue weighted by Crippen LogP contribution is -2.43. The predicted octanol–water partition coefficient (Wildman–Crippen LogP) is 7.47. The monoisotopic (exact) mass is 469 g/mol. The Kier molecular flexibility index (Phi) is 6.01. The van der Waals surface area contributed by atoms with Crippen LogP contribution in [-0.2, 0) is 17.0 Å². The van der Waals surface area contributed by atoms with Gasteiger partial charge in [0.2, 0.25) is 5.60 Å². The molecule has 2 atom stereocenters. The Morgan fingerprint density at radius 1 is 0.935 bits per heavy atom. The van der Waals surface area contributed by atoms with Gasteiger partial charge in [-0.25, -0.2) is 4.39 Å². The van der Waals surface area contributed by atoms with Crippen molar-refractivity contribution in [3.63, 3.8) is 0 Å². The van der Waals surface area contributed by atoms with E-state index in [2.05, 4.69) is 0 Å². The molecule has 8 heteroatoms. The lowest BCUT2D eigenvalue weighted by Gasteiger charge is -2.32. The van der Waals surface area contributed by atoms with Gasteiger partial charge in [-0.3, -0.25) is 4.84 Å². The van der Waals surface area contributed by atoms with Crippen LogP contribution in [0.5, 0.6) is 0 Å². The molecular formula is C23H17Cl2F4NO. The second kappa shape index (κ2) is 8.43. The summed E-state index contributed by atoms with van der Waals surface area (Å²) in [5.41, 5.74) is -1.75. The van der Waals surface area contributed by atoms with E-state index in [9.17, 15) is 17.6 Å². The Bertz CT molecular complexity index is 1060. The van der Waals surface area contributed by atoms with Crippen LogP contribution in [0.2, 0.25) is 10.0 Å². The Morgan fingerprint density at radius 2 is 1.61 bits per heavy atom. The fourth-order valence-electron chi connectivity index (χ4n) is 3.87. The average molecular weight is 470 g/mol. The molecule has 0 bridgehead atoms. The summed E-state index contributed by atoms with van der Waals surface area (Å²) in [6, 6.07) is 17.4. The predicted molar refractivity (Wildman–Crippen MR) is 111 cm³/mol. The lowest BCUT2D eigenvalue weighted by atomic mass is 9.85. The Labute approximate surface area is 186 Å². The van der Waals surface area contributed by atoms with E-state index in [0.29, 0.717) is 5.56 Å². The minimum atomic E-state index is -4.78. The molecule has 0 aliphatic carbocycles. The van der Waals surface area contributed by atoms with Gasteiger partial charge in [0.15, 0.2) is 0 Å². The number of rotatable bonds is 4. The van der Waals surface area contributed by atoms with Crippen LogP contribution in [-0.4, -0.2) is 11.2 Å². The van der Waals surface area contributed by atoms with E-state index in [4.69, 9.17) is 28.0 Å². The van der Waals surface area contributed by atoms with Crippen molar-refractivity contribution in [2.24, 2.45) is 0 Å². The first-order valence-electron chi connectivity index (χ1n) is 9.46. The van der Waals surface area contributed by atoms with Crippen molar-refractivity contribution in [1.82, 2.24) is 5.06 Å². The zero-order chi connectivity index (χ0) is 22.2. The highest BCUT2D eigenvalue weighted by Crippen LogP contribution is 2.55. The van der Waals surface area contributed by atoms with Crippen LogP contribution in [0.25, 0.3) is 0 Å². The summed E-state index contributed by atoms with van der Waals surface area (Å²) in [7, 11) is 0. The number of hydrogen-bond donors (Lipinski definition) is 0. The maximum atomic E-state index is 14.5. The highest BCUT2D eigenvalue weighted by atomic mass is 35.5. The highest BCUT2D eigenvalue weighted by Gasteiger charge is 2.64. The van der Waals surface area contributed by atoms with Gasteiger partial charge in [0.05, 0.1) is 6.04 Å². The Morgan fingerprint density at radius 3 is 2.23 bits per heavy atom. The maximum Gasteiger partial charge on any atom is 0.423 e. The molecule has 3 aromatic carbocycles. The average Bonchev–Trinajstić information content (AvgIpc) is 3.09. The lowest BCUT2D eigenvalue weighted by molar-refractivity contribution is -0.330. The summed E-state index contributed by atoms with van der Waals surface area (Å²) >= 11 is 12.0. The van der Waals surface area contributed by atoms with Crippen molar-refractivity contribution < 1.29 is 22.4 Å². The van der Waals surface area contributed by atoms with Crippen LogP contribution in [0.3, 0.4) is 0 Å². The first kappa shape index (κ1) is 22.1. The standard InChI is InChI=1S/C23H17Cl2F4NO/c24-18-10-17(11-19(25)12-18)22(23(27,28)29)13-21(16-7-4-8-20(26)9-16)30(31-22)14-15-5-2-1-3-6-15/h1-12,21H,13-14H2. The van der Waals surface area contributed by atoms with E-state index >= 15 is 0 Å². The molecule has 0 N–H and O–H groups in total. The summed E-state index contributed by atoms with van der Waals surface area (Å²) in [6.45, 7) is 0.0775. The van der Waals surface area contributed by atoms with E-state index in [-0.39, 0.29) is 22.2 Å². The Balaban J connectivity index is 1.83. The number of hydroxylamine groups is 2. The van der Waals surface area contributed by atoms with Gasteiger partial charge >= 0.3 is 6.18 Å². The molecule has 0 radical (unpaired) electrons. The number of halogens is 6. The largest absolute Gasteiger partial charge is 0.423 e. The van der Waals surface area contributed by atoms with Crippen molar-refractivity contribution >= 4 is 23.2 Å². The molecule has 4 rings (SSSR count). The topological polar surface area (TPSA) is 12.5 Å². The van der Waals surface area contributed by atoms with Crippen molar-refractivity contribution in [3.8, 4) is 0 Å². The summed E-state index contributed by atoms with van der Waals surface area (Å²) in [4.78, 5) is 5.69. The van der Waals surface area contributed by atoms with Gasteiger partial charge in [0.1, 0.15) is 5.82 Å². The quantitative estimate of drug-likeness (QED) is 0.367. The number of nitrogens with zero attached hydrogens (tertiary/aromatic N) is 1. The molecule has 0 aromatic heterocycles. The molecule has 1 fully saturated rings. The van der Waals surface area contributed by atoms with Crippen LogP contribution < -0.4 is 0 Å². The minimum Gasteiger partial charge on any atom is -0.277 e. The van der Waals surface area contributed by atoms with Crippen molar-refractivity contribution in [2.75, 3.05) is 0 Å². The first-order chi connectivity index (χ1) is 14.7. The second-order valence-corrected chi connectivity index (χ2v) is 8.28. The second-order valence-electron chi connectivity index (χ2n) is 7.41. The normalized spacial score (nSPS) is 22.1. The van der Waals surface area contributed by atoms with Gasteiger partial charge < -0.3 is 0 Å². The molecule has 3 aromatic rings. The molecule has 0 saturated carbocycles. The molecule has 162 valence electrons. The minimum absolute atomic E-state index is 0.0681. The number of hydrogen-bond acceptors (Lipinski definition) is 2. The zero-order valence-corrected chi connectivity index (χ0v) is 17.6. The van der Waals surface area contributed by atoms with Crippen LogP contribution in [0.15, 0.2) is 72.8 Å².